The maximum Gasteiger partial charge on any atom is 0.372 e. The second-order valence-corrected chi connectivity index (χ2v) is 4.10. The van der Waals surface area contributed by atoms with Gasteiger partial charge in [-0.1, -0.05) is 6.92 Å². The minimum Gasteiger partial charge on any atom is -0.475 e. The highest BCUT2D eigenvalue weighted by Crippen LogP contribution is 2.14. The van der Waals surface area contributed by atoms with Gasteiger partial charge in [0, 0.05) is 18.7 Å². The van der Waals surface area contributed by atoms with Crippen molar-refractivity contribution in [2.24, 2.45) is 0 Å². The Kier molecular flexibility index (Phi) is 5.18. The molecule has 0 aliphatic rings. The van der Waals surface area contributed by atoms with Gasteiger partial charge < -0.3 is 19.7 Å². The number of nitrogens with one attached hydrogen (secondary N) is 1. The Labute approximate surface area is 101 Å². The quantitative estimate of drug-likeness (QED) is 0.704. The summed E-state index contributed by atoms with van der Waals surface area (Å²) < 4.78 is 5.23. The number of carboxylic acid groups (broad SMARTS) is 1. The maximum atomic E-state index is 10.8. The third kappa shape index (κ3) is 4.20. The second-order valence-electron chi connectivity index (χ2n) is 4.10. The molecule has 96 valence electrons. The van der Waals surface area contributed by atoms with Gasteiger partial charge in [-0.15, -0.1) is 0 Å². The van der Waals surface area contributed by atoms with E-state index >= 15 is 0 Å². The molecule has 0 fully saturated rings. The first-order chi connectivity index (χ1) is 8.04. The fraction of sp³-hybridized carbons (Fsp3) is 0.583. The lowest BCUT2D eigenvalue weighted by molar-refractivity contribution is 0.0659. The molecule has 0 aromatic carbocycles. The van der Waals surface area contributed by atoms with Gasteiger partial charge in [0.05, 0.1) is 6.54 Å². The van der Waals surface area contributed by atoms with E-state index in [-0.39, 0.29) is 5.76 Å². The summed E-state index contributed by atoms with van der Waals surface area (Å²) in [5.41, 5.74) is 0.667. The highest BCUT2D eigenvalue weighted by molar-refractivity contribution is 5.86. The third-order valence-corrected chi connectivity index (χ3v) is 2.67. The molecule has 5 nitrogen and oxygen atoms in total. The van der Waals surface area contributed by atoms with E-state index in [4.69, 9.17) is 9.52 Å². The zero-order valence-electron chi connectivity index (χ0n) is 10.6. The zero-order chi connectivity index (χ0) is 12.8. The van der Waals surface area contributed by atoms with E-state index in [2.05, 4.69) is 24.2 Å². The summed E-state index contributed by atoms with van der Waals surface area (Å²) in [6.07, 6.45) is 0. The number of rotatable bonds is 7. The molecule has 0 unspecified atom stereocenters. The Morgan fingerprint density at radius 1 is 1.59 bits per heavy atom. The number of nitrogens with zero attached hydrogens (tertiary/aromatic N) is 1. The molecule has 1 rings (SSSR count). The first kappa shape index (κ1) is 13.7. The Morgan fingerprint density at radius 3 is 2.82 bits per heavy atom. The van der Waals surface area contributed by atoms with Crippen LogP contribution in [-0.2, 0) is 6.54 Å². The molecule has 5 heteroatoms. The molecule has 0 saturated carbocycles. The number of furan rings is 1. The van der Waals surface area contributed by atoms with E-state index in [0.29, 0.717) is 17.9 Å². The van der Waals surface area contributed by atoms with Crippen LogP contribution in [0, 0.1) is 6.92 Å². The molecule has 0 aliphatic carbocycles. The van der Waals surface area contributed by atoms with Crippen LogP contribution in [-0.4, -0.2) is 42.7 Å². The minimum absolute atomic E-state index is 0.0347. The van der Waals surface area contributed by atoms with Gasteiger partial charge in [0.25, 0.3) is 0 Å². The number of aryl methyl sites for hydroxylation is 1. The van der Waals surface area contributed by atoms with Crippen molar-refractivity contribution in [1.29, 1.82) is 0 Å². The normalized spacial score (nSPS) is 11.1. The largest absolute Gasteiger partial charge is 0.475 e. The number of hydrogen-bond donors (Lipinski definition) is 2. The predicted molar refractivity (Wildman–Crippen MR) is 65.3 cm³/mol. The number of aromatic carboxylic acids is 1. The van der Waals surface area contributed by atoms with Gasteiger partial charge in [-0.2, -0.15) is 0 Å². The van der Waals surface area contributed by atoms with E-state index in [0.717, 1.165) is 19.6 Å². The highest BCUT2D eigenvalue weighted by Gasteiger charge is 2.13. The summed E-state index contributed by atoms with van der Waals surface area (Å²) in [5, 5.41) is 12.1. The second kappa shape index (κ2) is 6.42. The third-order valence-electron chi connectivity index (χ3n) is 2.67. The number of hydrogen-bond acceptors (Lipinski definition) is 4. The molecular weight excluding hydrogens is 220 g/mol. The summed E-state index contributed by atoms with van der Waals surface area (Å²) >= 11 is 0. The van der Waals surface area contributed by atoms with Crippen LogP contribution in [0.5, 0.6) is 0 Å². The van der Waals surface area contributed by atoms with Crippen molar-refractivity contribution in [3.8, 4) is 0 Å². The number of likely N-dealkylation sites (N-methyl/N-ethyl adjacent to an activating group) is 1. The predicted octanol–water partition coefficient (Wildman–Crippen LogP) is 1.33. The van der Waals surface area contributed by atoms with Crippen LogP contribution in [0.3, 0.4) is 0 Å². The van der Waals surface area contributed by atoms with E-state index in [1.165, 1.54) is 0 Å². The van der Waals surface area contributed by atoms with Crippen LogP contribution in [0.4, 0.5) is 0 Å². The van der Waals surface area contributed by atoms with Crippen LogP contribution >= 0.6 is 0 Å². The molecule has 0 spiro atoms. The standard InChI is InChI=1S/C12H20N2O3/c1-4-14(3)6-5-13-8-10-7-9(2)11(17-10)12(15)16/h7,13H,4-6,8H2,1-3H3,(H,15,16). The number of carbonyl (C=O) groups is 1. The monoisotopic (exact) mass is 240 g/mol. The van der Waals surface area contributed by atoms with Crippen LogP contribution < -0.4 is 5.32 Å². The van der Waals surface area contributed by atoms with E-state index < -0.39 is 5.97 Å². The van der Waals surface area contributed by atoms with E-state index in [1.807, 2.05) is 0 Å². The van der Waals surface area contributed by atoms with Crippen molar-refractivity contribution in [2.75, 3.05) is 26.7 Å². The molecule has 1 aromatic rings. The molecule has 0 aliphatic heterocycles. The van der Waals surface area contributed by atoms with E-state index in [1.54, 1.807) is 13.0 Å². The van der Waals surface area contributed by atoms with Crippen LogP contribution in [0.1, 0.15) is 28.8 Å². The summed E-state index contributed by atoms with van der Waals surface area (Å²) in [5.74, 6) is -0.314. The lowest BCUT2D eigenvalue weighted by Crippen LogP contribution is -2.28. The van der Waals surface area contributed by atoms with Crippen LogP contribution in [0.25, 0.3) is 0 Å². The smallest absolute Gasteiger partial charge is 0.372 e. The molecule has 2 N–H and O–H groups in total. The summed E-state index contributed by atoms with van der Waals surface area (Å²) in [4.78, 5) is 13.0. The molecule has 1 aromatic heterocycles. The van der Waals surface area contributed by atoms with Crippen molar-refractivity contribution >= 4 is 5.97 Å². The molecule has 1 heterocycles. The Hall–Kier alpha value is -1.33. The lowest BCUT2D eigenvalue weighted by atomic mass is 10.2. The summed E-state index contributed by atoms with van der Waals surface area (Å²) in [7, 11) is 2.06. The van der Waals surface area contributed by atoms with Gasteiger partial charge in [0.2, 0.25) is 5.76 Å². The average Bonchev–Trinajstić information content (AvgIpc) is 2.65. The zero-order valence-corrected chi connectivity index (χ0v) is 10.6. The Bertz CT molecular complexity index is 374. The Morgan fingerprint density at radius 2 is 2.29 bits per heavy atom. The first-order valence-electron chi connectivity index (χ1n) is 5.76. The summed E-state index contributed by atoms with van der Waals surface area (Å²) in [6.45, 7) is 7.24. The van der Waals surface area contributed by atoms with Gasteiger partial charge in [0.15, 0.2) is 0 Å². The first-order valence-corrected chi connectivity index (χ1v) is 5.76. The summed E-state index contributed by atoms with van der Waals surface area (Å²) in [6, 6.07) is 1.76. The van der Waals surface area contributed by atoms with Crippen molar-refractivity contribution < 1.29 is 14.3 Å². The van der Waals surface area contributed by atoms with Gasteiger partial charge in [-0.3, -0.25) is 0 Å². The van der Waals surface area contributed by atoms with E-state index in [9.17, 15) is 4.79 Å². The van der Waals surface area contributed by atoms with Gasteiger partial charge >= 0.3 is 5.97 Å². The lowest BCUT2D eigenvalue weighted by Gasteiger charge is -2.13. The topological polar surface area (TPSA) is 65.7 Å². The molecule has 0 saturated heterocycles. The van der Waals surface area contributed by atoms with Gasteiger partial charge in [-0.25, -0.2) is 4.79 Å². The number of carboxylic acids is 1. The van der Waals surface area contributed by atoms with Crippen LogP contribution in [0.15, 0.2) is 10.5 Å². The molecule has 0 bridgehead atoms. The van der Waals surface area contributed by atoms with Gasteiger partial charge in [-0.05, 0) is 26.6 Å². The molecule has 0 radical (unpaired) electrons. The Balaban J connectivity index is 2.37. The minimum atomic E-state index is -1.01. The maximum absolute atomic E-state index is 10.8. The fourth-order valence-corrected chi connectivity index (χ4v) is 1.49. The van der Waals surface area contributed by atoms with Crippen molar-refractivity contribution in [1.82, 2.24) is 10.2 Å². The van der Waals surface area contributed by atoms with Crippen molar-refractivity contribution in [3.63, 3.8) is 0 Å². The van der Waals surface area contributed by atoms with Gasteiger partial charge in [0.1, 0.15) is 5.76 Å². The average molecular weight is 240 g/mol. The van der Waals surface area contributed by atoms with Crippen molar-refractivity contribution in [3.05, 3.63) is 23.2 Å². The molecular formula is C12H20N2O3. The molecule has 17 heavy (non-hydrogen) atoms. The molecule has 0 atom stereocenters. The fourth-order valence-electron chi connectivity index (χ4n) is 1.49. The van der Waals surface area contributed by atoms with Crippen molar-refractivity contribution in [2.45, 2.75) is 20.4 Å². The SMILES string of the molecule is CCN(C)CCNCc1cc(C)c(C(=O)O)o1. The van der Waals surface area contributed by atoms with Crippen LogP contribution in [0.2, 0.25) is 0 Å². The molecule has 0 amide bonds. The highest BCUT2D eigenvalue weighted by atomic mass is 16.4.